The van der Waals surface area contributed by atoms with Gasteiger partial charge >= 0.3 is 5.97 Å². The lowest BCUT2D eigenvalue weighted by molar-refractivity contribution is -0.138. The van der Waals surface area contributed by atoms with Crippen molar-refractivity contribution in [3.05, 3.63) is 12.2 Å². The van der Waals surface area contributed by atoms with Crippen LogP contribution < -0.4 is 5.32 Å². The molecule has 0 aromatic rings. The topological polar surface area (TPSA) is 55.4 Å². The molecule has 1 amide bonds. The fraction of sp³-hybridized carbons (Fsp3) is 0.667. The highest BCUT2D eigenvalue weighted by molar-refractivity contribution is 5.87. The molecule has 0 saturated heterocycles. The molecular formula is C12H19NO3. The first kappa shape index (κ1) is 12.7. The Bertz CT molecular complexity index is 282. The van der Waals surface area contributed by atoms with E-state index < -0.39 is 0 Å². The largest absolute Gasteiger partial charge is 0.463 e. The van der Waals surface area contributed by atoms with Gasteiger partial charge in [-0.2, -0.15) is 0 Å². The molecule has 1 fully saturated rings. The average molecular weight is 225 g/mol. The van der Waals surface area contributed by atoms with Crippen molar-refractivity contribution in [2.24, 2.45) is 5.92 Å². The molecule has 4 heteroatoms. The van der Waals surface area contributed by atoms with Gasteiger partial charge in [0.2, 0.25) is 5.91 Å². The van der Waals surface area contributed by atoms with Gasteiger partial charge in [0.05, 0.1) is 6.61 Å². The Balaban J connectivity index is 2.12. The summed E-state index contributed by atoms with van der Waals surface area (Å²) in [6.07, 6.45) is 3.58. The molecule has 4 nitrogen and oxygen atoms in total. The second-order valence-electron chi connectivity index (χ2n) is 3.99. The highest BCUT2D eigenvalue weighted by Crippen LogP contribution is 2.26. The lowest BCUT2D eigenvalue weighted by Crippen LogP contribution is -2.35. The molecule has 0 radical (unpaired) electrons. The molecular weight excluding hydrogens is 206 g/mol. The van der Waals surface area contributed by atoms with E-state index in [1.807, 2.05) is 0 Å². The highest BCUT2D eigenvalue weighted by Gasteiger charge is 2.24. The standard InChI is InChI=1S/C12H19NO3/c1-3-16-12(15)9(2)7-8-13-11(14)10-5-4-6-10/h10H,2-8H2,1H3,(H,13,14). The first-order chi connectivity index (χ1) is 7.65. The third-order valence-electron chi connectivity index (χ3n) is 2.77. The molecule has 0 aromatic heterocycles. The molecule has 0 unspecified atom stereocenters. The second kappa shape index (κ2) is 6.30. The van der Waals surface area contributed by atoms with Crippen LogP contribution in [0, 0.1) is 5.92 Å². The molecule has 1 aliphatic rings. The van der Waals surface area contributed by atoms with Crippen molar-refractivity contribution < 1.29 is 14.3 Å². The Labute approximate surface area is 96.0 Å². The Morgan fingerprint density at radius 3 is 2.62 bits per heavy atom. The quantitative estimate of drug-likeness (QED) is 0.549. The highest BCUT2D eigenvalue weighted by atomic mass is 16.5. The van der Waals surface area contributed by atoms with Gasteiger partial charge < -0.3 is 10.1 Å². The fourth-order valence-electron chi connectivity index (χ4n) is 1.49. The third kappa shape index (κ3) is 3.68. The van der Waals surface area contributed by atoms with E-state index in [1.54, 1.807) is 6.92 Å². The summed E-state index contributed by atoms with van der Waals surface area (Å²) in [5.74, 6) is -0.0841. The second-order valence-corrected chi connectivity index (χ2v) is 3.99. The molecule has 90 valence electrons. The lowest BCUT2D eigenvalue weighted by atomic mass is 9.85. The Hall–Kier alpha value is -1.32. The van der Waals surface area contributed by atoms with Gasteiger partial charge in [0.25, 0.3) is 0 Å². The summed E-state index contributed by atoms with van der Waals surface area (Å²) in [7, 11) is 0. The summed E-state index contributed by atoms with van der Waals surface area (Å²) in [5.41, 5.74) is 0.413. The molecule has 1 saturated carbocycles. The molecule has 0 aliphatic heterocycles. The van der Waals surface area contributed by atoms with Gasteiger partial charge in [-0.3, -0.25) is 4.79 Å². The normalized spacial score (nSPS) is 15.1. The molecule has 0 spiro atoms. The Kier molecular flexibility index (Phi) is 5.02. The fourth-order valence-corrected chi connectivity index (χ4v) is 1.49. The third-order valence-corrected chi connectivity index (χ3v) is 2.77. The van der Waals surface area contributed by atoms with Crippen LogP contribution in [0.2, 0.25) is 0 Å². The van der Waals surface area contributed by atoms with Crippen LogP contribution in [0.3, 0.4) is 0 Å². The van der Waals surface area contributed by atoms with E-state index in [2.05, 4.69) is 11.9 Å². The van der Waals surface area contributed by atoms with Crippen molar-refractivity contribution in [2.45, 2.75) is 32.6 Å². The molecule has 1 rings (SSSR count). The maximum absolute atomic E-state index is 11.4. The predicted octanol–water partition coefficient (Wildman–Crippen LogP) is 1.41. The van der Waals surface area contributed by atoms with E-state index in [1.165, 1.54) is 0 Å². The van der Waals surface area contributed by atoms with Crippen LogP contribution >= 0.6 is 0 Å². The number of amides is 1. The monoisotopic (exact) mass is 225 g/mol. The van der Waals surface area contributed by atoms with Gasteiger partial charge in [0.1, 0.15) is 0 Å². The van der Waals surface area contributed by atoms with Crippen LogP contribution in [0.25, 0.3) is 0 Å². The number of rotatable bonds is 6. The Morgan fingerprint density at radius 2 is 2.12 bits per heavy atom. The van der Waals surface area contributed by atoms with Crippen LogP contribution in [0.5, 0.6) is 0 Å². The van der Waals surface area contributed by atoms with Crippen LogP contribution in [-0.2, 0) is 14.3 Å². The number of carbonyl (C=O) groups excluding carboxylic acids is 2. The van der Waals surface area contributed by atoms with Crippen molar-refractivity contribution in [2.75, 3.05) is 13.2 Å². The van der Waals surface area contributed by atoms with Crippen LogP contribution in [-0.4, -0.2) is 25.0 Å². The average Bonchev–Trinajstić information content (AvgIpc) is 2.15. The predicted molar refractivity (Wildman–Crippen MR) is 60.7 cm³/mol. The number of hydrogen-bond donors (Lipinski definition) is 1. The van der Waals surface area contributed by atoms with E-state index in [4.69, 9.17) is 4.74 Å². The Morgan fingerprint density at radius 1 is 1.44 bits per heavy atom. The molecule has 16 heavy (non-hydrogen) atoms. The van der Waals surface area contributed by atoms with Crippen molar-refractivity contribution in [3.8, 4) is 0 Å². The van der Waals surface area contributed by atoms with Crippen LogP contribution in [0.1, 0.15) is 32.6 Å². The first-order valence-electron chi connectivity index (χ1n) is 5.77. The maximum atomic E-state index is 11.4. The summed E-state index contributed by atoms with van der Waals surface area (Å²) in [6.45, 7) is 6.20. The summed E-state index contributed by atoms with van der Waals surface area (Å²) in [6, 6.07) is 0. The minimum absolute atomic E-state index is 0.0999. The zero-order valence-electron chi connectivity index (χ0n) is 9.75. The van der Waals surface area contributed by atoms with Crippen LogP contribution in [0.4, 0.5) is 0 Å². The van der Waals surface area contributed by atoms with Gasteiger partial charge in [-0.1, -0.05) is 13.0 Å². The van der Waals surface area contributed by atoms with Gasteiger partial charge in [-0.05, 0) is 26.2 Å². The van der Waals surface area contributed by atoms with E-state index in [0.29, 0.717) is 25.1 Å². The number of nitrogens with one attached hydrogen (secondary N) is 1. The number of carbonyl (C=O) groups is 2. The minimum atomic E-state index is -0.375. The van der Waals surface area contributed by atoms with E-state index in [9.17, 15) is 9.59 Å². The van der Waals surface area contributed by atoms with E-state index in [-0.39, 0.29) is 17.8 Å². The van der Waals surface area contributed by atoms with Crippen molar-refractivity contribution >= 4 is 11.9 Å². The summed E-state index contributed by atoms with van der Waals surface area (Å²) in [5, 5.41) is 2.80. The van der Waals surface area contributed by atoms with Crippen molar-refractivity contribution in [3.63, 3.8) is 0 Å². The summed E-state index contributed by atoms with van der Waals surface area (Å²) in [4.78, 5) is 22.6. The van der Waals surface area contributed by atoms with Gasteiger partial charge in [-0.25, -0.2) is 4.79 Å². The van der Waals surface area contributed by atoms with Gasteiger partial charge in [0, 0.05) is 18.0 Å². The van der Waals surface area contributed by atoms with Crippen molar-refractivity contribution in [1.82, 2.24) is 5.32 Å². The summed E-state index contributed by atoms with van der Waals surface area (Å²) >= 11 is 0. The van der Waals surface area contributed by atoms with E-state index >= 15 is 0 Å². The summed E-state index contributed by atoms with van der Waals surface area (Å²) < 4.78 is 4.79. The SMILES string of the molecule is C=C(CCNC(=O)C1CCC1)C(=O)OCC. The molecule has 0 atom stereocenters. The zero-order chi connectivity index (χ0) is 12.0. The number of ether oxygens (including phenoxy) is 1. The number of hydrogen-bond acceptors (Lipinski definition) is 3. The smallest absolute Gasteiger partial charge is 0.333 e. The van der Waals surface area contributed by atoms with Crippen molar-refractivity contribution in [1.29, 1.82) is 0 Å². The van der Waals surface area contributed by atoms with Crippen LogP contribution in [0.15, 0.2) is 12.2 Å². The first-order valence-corrected chi connectivity index (χ1v) is 5.77. The molecule has 0 heterocycles. The molecule has 1 N–H and O–H groups in total. The number of esters is 1. The molecule has 0 aromatic carbocycles. The minimum Gasteiger partial charge on any atom is -0.463 e. The maximum Gasteiger partial charge on any atom is 0.333 e. The van der Waals surface area contributed by atoms with E-state index in [0.717, 1.165) is 19.3 Å². The molecule has 0 bridgehead atoms. The van der Waals surface area contributed by atoms with Gasteiger partial charge in [-0.15, -0.1) is 0 Å². The lowest BCUT2D eigenvalue weighted by Gasteiger charge is -2.24. The zero-order valence-corrected chi connectivity index (χ0v) is 9.75. The molecule has 1 aliphatic carbocycles. The van der Waals surface area contributed by atoms with Gasteiger partial charge in [0.15, 0.2) is 0 Å².